The molecule has 1 aromatic carbocycles. The van der Waals surface area contributed by atoms with E-state index in [0.717, 1.165) is 22.3 Å². The fourth-order valence-electron chi connectivity index (χ4n) is 2.33. The number of hydrogen-bond donors (Lipinski definition) is 2. The molecule has 0 radical (unpaired) electrons. The summed E-state index contributed by atoms with van der Waals surface area (Å²) in [6.45, 7) is 3.84. The average Bonchev–Trinajstić information content (AvgIpc) is 3.16. The molecule has 1 saturated carbocycles. The zero-order valence-corrected chi connectivity index (χ0v) is 11.3. The second kappa shape index (κ2) is 4.10. The number of amides is 1. The minimum absolute atomic E-state index is 0.403. The first-order chi connectivity index (χ1) is 9.44. The maximum absolute atomic E-state index is 12.0. The number of furan rings is 1. The van der Waals surface area contributed by atoms with Crippen molar-refractivity contribution < 1.29 is 19.1 Å². The van der Waals surface area contributed by atoms with Crippen LogP contribution in [0.1, 0.15) is 24.2 Å². The number of fused-ring (bicyclic) bond motifs is 1. The Morgan fingerprint density at radius 2 is 2.00 bits per heavy atom. The fraction of sp³-hybridized carbons (Fsp3) is 0.333. The fourth-order valence-corrected chi connectivity index (χ4v) is 2.33. The third-order valence-corrected chi connectivity index (χ3v) is 4.03. The van der Waals surface area contributed by atoms with Crippen molar-refractivity contribution in [3.8, 4) is 0 Å². The zero-order chi connectivity index (χ0) is 14.5. The van der Waals surface area contributed by atoms with E-state index < -0.39 is 17.3 Å². The predicted octanol–water partition coefficient (Wildman–Crippen LogP) is 2.85. The Balaban J connectivity index is 1.90. The molecule has 5 heteroatoms. The number of carbonyl (C=O) groups is 2. The molecule has 1 fully saturated rings. The first kappa shape index (κ1) is 12.7. The lowest BCUT2D eigenvalue weighted by atomic mass is 10.1. The topological polar surface area (TPSA) is 79.5 Å². The predicted molar refractivity (Wildman–Crippen MR) is 73.6 cm³/mol. The summed E-state index contributed by atoms with van der Waals surface area (Å²) in [7, 11) is 0. The monoisotopic (exact) mass is 273 g/mol. The molecule has 1 heterocycles. The third kappa shape index (κ3) is 1.78. The van der Waals surface area contributed by atoms with Crippen LogP contribution in [0.5, 0.6) is 0 Å². The highest BCUT2D eigenvalue weighted by Crippen LogP contribution is 2.46. The Morgan fingerprint density at radius 1 is 1.30 bits per heavy atom. The van der Waals surface area contributed by atoms with Crippen LogP contribution >= 0.6 is 0 Å². The van der Waals surface area contributed by atoms with E-state index in [1.807, 2.05) is 19.9 Å². The number of carboxylic acids is 1. The number of anilines is 1. The molecule has 104 valence electrons. The van der Waals surface area contributed by atoms with Gasteiger partial charge in [-0.05, 0) is 50.5 Å². The lowest BCUT2D eigenvalue weighted by Gasteiger charge is -2.10. The average molecular weight is 273 g/mol. The quantitative estimate of drug-likeness (QED) is 0.843. The molecule has 1 aliphatic carbocycles. The highest BCUT2D eigenvalue weighted by Gasteiger charge is 2.57. The third-order valence-electron chi connectivity index (χ3n) is 4.03. The molecular formula is C15H15NO4. The van der Waals surface area contributed by atoms with Crippen molar-refractivity contribution in [1.82, 2.24) is 0 Å². The molecule has 2 aromatic rings. The van der Waals surface area contributed by atoms with Crippen LogP contribution in [0.2, 0.25) is 0 Å². The summed E-state index contributed by atoms with van der Waals surface area (Å²) in [6.07, 6.45) is 0.806. The van der Waals surface area contributed by atoms with Crippen LogP contribution in [0.15, 0.2) is 22.6 Å². The van der Waals surface area contributed by atoms with Crippen molar-refractivity contribution in [2.24, 2.45) is 5.41 Å². The van der Waals surface area contributed by atoms with Crippen molar-refractivity contribution >= 4 is 28.5 Å². The van der Waals surface area contributed by atoms with E-state index in [2.05, 4.69) is 5.32 Å². The Kier molecular flexibility index (Phi) is 2.61. The second-order valence-electron chi connectivity index (χ2n) is 5.34. The van der Waals surface area contributed by atoms with Crippen LogP contribution in [0.3, 0.4) is 0 Å². The van der Waals surface area contributed by atoms with Crippen LogP contribution in [0, 0.1) is 19.3 Å². The Labute approximate surface area is 115 Å². The van der Waals surface area contributed by atoms with Crippen molar-refractivity contribution in [2.45, 2.75) is 26.7 Å². The molecule has 0 unspecified atom stereocenters. The number of nitrogens with one attached hydrogen (secondary N) is 1. The lowest BCUT2D eigenvalue weighted by Crippen LogP contribution is -2.31. The van der Waals surface area contributed by atoms with Gasteiger partial charge in [0.2, 0.25) is 5.91 Å². The van der Waals surface area contributed by atoms with Crippen molar-refractivity contribution in [2.75, 3.05) is 5.32 Å². The Bertz CT molecular complexity index is 725. The van der Waals surface area contributed by atoms with E-state index in [-0.39, 0.29) is 0 Å². The first-order valence-electron chi connectivity index (χ1n) is 6.49. The number of benzene rings is 1. The van der Waals surface area contributed by atoms with Gasteiger partial charge in [-0.3, -0.25) is 9.59 Å². The molecule has 1 amide bonds. The van der Waals surface area contributed by atoms with E-state index in [1.54, 1.807) is 12.1 Å². The number of carbonyl (C=O) groups excluding carboxylic acids is 1. The SMILES string of the molecule is Cc1oc2ccc(NC(=O)C3(C(=O)O)CC3)cc2c1C. The zero-order valence-electron chi connectivity index (χ0n) is 11.3. The number of rotatable bonds is 3. The number of aryl methyl sites for hydroxylation is 2. The molecule has 1 aromatic heterocycles. The largest absolute Gasteiger partial charge is 0.480 e. The number of carboxylic acid groups (broad SMARTS) is 1. The van der Waals surface area contributed by atoms with Gasteiger partial charge in [0.1, 0.15) is 16.8 Å². The van der Waals surface area contributed by atoms with Crippen LogP contribution < -0.4 is 5.32 Å². The van der Waals surface area contributed by atoms with Gasteiger partial charge in [-0.15, -0.1) is 0 Å². The van der Waals surface area contributed by atoms with Gasteiger partial charge < -0.3 is 14.8 Å². The summed E-state index contributed by atoms with van der Waals surface area (Å²) in [5.41, 5.74) is 1.16. The second-order valence-corrected chi connectivity index (χ2v) is 5.34. The van der Waals surface area contributed by atoms with Gasteiger partial charge in [0.15, 0.2) is 0 Å². The highest BCUT2D eigenvalue weighted by atomic mass is 16.4. The van der Waals surface area contributed by atoms with Crippen molar-refractivity contribution in [1.29, 1.82) is 0 Å². The number of aliphatic carboxylic acids is 1. The molecule has 0 bridgehead atoms. The molecular weight excluding hydrogens is 258 g/mol. The van der Waals surface area contributed by atoms with Gasteiger partial charge >= 0.3 is 5.97 Å². The van der Waals surface area contributed by atoms with Gasteiger partial charge in [0, 0.05) is 11.1 Å². The lowest BCUT2D eigenvalue weighted by molar-refractivity contribution is -0.147. The van der Waals surface area contributed by atoms with E-state index in [4.69, 9.17) is 9.52 Å². The molecule has 0 spiro atoms. The molecule has 0 aliphatic heterocycles. The van der Waals surface area contributed by atoms with Crippen LogP contribution in [0.25, 0.3) is 11.0 Å². The van der Waals surface area contributed by atoms with Crippen molar-refractivity contribution in [3.05, 3.63) is 29.5 Å². The molecule has 0 atom stereocenters. The van der Waals surface area contributed by atoms with E-state index in [1.165, 1.54) is 0 Å². The van der Waals surface area contributed by atoms with Gasteiger partial charge in [-0.1, -0.05) is 0 Å². The van der Waals surface area contributed by atoms with Gasteiger partial charge in [0.25, 0.3) is 0 Å². The van der Waals surface area contributed by atoms with Gasteiger partial charge in [-0.25, -0.2) is 0 Å². The minimum Gasteiger partial charge on any atom is -0.480 e. The van der Waals surface area contributed by atoms with Gasteiger partial charge in [0.05, 0.1) is 0 Å². The molecule has 2 N–H and O–H groups in total. The normalized spacial score (nSPS) is 16.1. The maximum atomic E-state index is 12.0. The Hall–Kier alpha value is -2.30. The summed E-state index contributed by atoms with van der Waals surface area (Å²) in [6, 6.07) is 5.32. The summed E-state index contributed by atoms with van der Waals surface area (Å²) in [5.74, 6) is -0.652. The smallest absolute Gasteiger partial charge is 0.319 e. The molecule has 1 aliphatic rings. The standard InChI is InChI=1S/C15H15NO4/c1-8-9(2)20-12-4-3-10(7-11(8)12)16-13(17)15(5-6-15)14(18)19/h3-4,7H,5-6H2,1-2H3,(H,16,17)(H,18,19). The highest BCUT2D eigenvalue weighted by molar-refractivity contribution is 6.11. The van der Waals surface area contributed by atoms with Crippen molar-refractivity contribution in [3.63, 3.8) is 0 Å². The molecule has 3 rings (SSSR count). The Morgan fingerprint density at radius 3 is 2.60 bits per heavy atom. The van der Waals surface area contributed by atoms with Crippen LogP contribution in [-0.2, 0) is 9.59 Å². The van der Waals surface area contributed by atoms with E-state index >= 15 is 0 Å². The van der Waals surface area contributed by atoms with E-state index in [0.29, 0.717) is 18.5 Å². The molecule has 20 heavy (non-hydrogen) atoms. The first-order valence-corrected chi connectivity index (χ1v) is 6.49. The summed E-state index contributed by atoms with van der Waals surface area (Å²) in [5, 5.41) is 12.7. The minimum atomic E-state index is -1.23. The number of hydrogen-bond acceptors (Lipinski definition) is 3. The van der Waals surface area contributed by atoms with E-state index in [9.17, 15) is 9.59 Å². The molecule has 5 nitrogen and oxygen atoms in total. The van der Waals surface area contributed by atoms with Crippen LogP contribution in [-0.4, -0.2) is 17.0 Å². The maximum Gasteiger partial charge on any atom is 0.319 e. The molecule has 0 saturated heterocycles. The van der Waals surface area contributed by atoms with Crippen LogP contribution in [0.4, 0.5) is 5.69 Å². The summed E-state index contributed by atoms with van der Waals surface area (Å²) in [4.78, 5) is 23.2. The summed E-state index contributed by atoms with van der Waals surface area (Å²) < 4.78 is 5.57. The van der Waals surface area contributed by atoms with Gasteiger partial charge in [-0.2, -0.15) is 0 Å². The summed E-state index contributed by atoms with van der Waals surface area (Å²) >= 11 is 0.